The number of aryl methyl sites for hydroxylation is 1. The third kappa shape index (κ3) is 5.95. The average Bonchev–Trinajstić information content (AvgIpc) is 3.14. The maximum Gasteiger partial charge on any atom is 0.339 e. The molecular weight excluding hydrogens is 447 g/mol. The number of carbonyl (C=O) groups excluding carboxylic acids is 2. The SMILES string of the molecule is Cc1nc(COc2cccc(C(=O)OC(C)C(=O)Nc3cc(Cl)ccc3Cl)c2)cs1. The Kier molecular flexibility index (Phi) is 7.31. The monoisotopic (exact) mass is 464 g/mol. The van der Waals surface area contributed by atoms with E-state index in [1.807, 2.05) is 12.3 Å². The Hall–Kier alpha value is -2.61. The van der Waals surface area contributed by atoms with Crippen LogP contribution in [0.4, 0.5) is 5.69 Å². The Labute approximate surface area is 187 Å². The van der Waals surface area contributed by atoms with Gasteiger partial charge in [0.15, 0.2) is 6.10 Å². The fourth-order valence-electron chi connectivity index (χ4n) is 2.45. The van der Waals surface area contributed by atoms with Crippen molar-refractivity contribution in [3.05, 3.63) is 74.2 Å². The van der Waals surface area contributed by atoms with Crippen LogP contribution in [0.5, 0.6) is 5.75 Å². The zero-order valence-electron chi connectivity index (χ0n) is 16.1. The quantitative estimate of drug-likeness (QED) is 0.465. The molecule has 1 N–H and O–H groups in total. The van der Waals surface area contributed by atoms with E-state index in [4.69, 9.17) is 32.7 Å². The number of esters is 1. The number of aromatic nitrogens is 1. The minimum atomic E-state index is -1.05. The first-order valence-corrected chi connectivity index (χ1v) is 10.6. The molecule has 1 aromatic heterocycles. The third-order valence-electron chi connectivity index (χ3n) is 3.96. The summed E-state index contributed by atoms with van der Waals surface area (Å²) in [5.74, 6) is -0.679. The second-order valence-corrected chi connectivity index (χ2v) is 8.24. The molecular formula is C21H18Cl2N2O4S. The van der Waals surface area contributed by atoms with E-state index >= 15 is 0 Å². The molecule has 1 heterocycles. The minimum absolute atomic E-state index is 0.266. The van der Waals surface area contributed by atoms with Gasteiger partial charge in [-0.3, -0.25) is 4.79 Å². The van der Waals surface area contributed by atoms with Gasteiger partial charge in [0.05, 0.1) is 27.0 Å². The highest BCUT2D eigenvalue weighted by Gasteiger charge is 2.20. The predicted molar refractivity (Wildman–Crippen MR) is 118 cm³/mol. The molecule has 1 amide bonds. The van der Waals surface area contributed by atoms with E-state index < -0.39 is 18.0 Å². The summed E-state index contributed by atoms with van der Waals surface area (Å²) in [4.78, 5) is 29.1. The van der Waals surface area contributed by atoms with Crippen LogP contribution in [0.1, 0.15) is 28.0 Å². The van der Waals surface area contributed by atoms with E-state index in [1.165, 1.54) is 13.0 Å². The van der Waals surface area contributed by atoms with Crippen LogP contribution >= 0.6 is 34.5 Å². The molecule has 0 radical (unpaired) electrons. The Morgan fingerprint density at radius 1 is 1.20 bits per heavy atom. The molecule has 0 aliphatic heterocycles. The summed E-state index contributed by atoms with van der Waals surface area (Å²) in [7, 11) is 0. The number of thiazole rings is 1. The lowest BCUT2D eigenvalue weighted by Gasteiger charge is -2.15. The highest BCUT2D eigenvalue weighted by atomic mass is 35.5. The molecule has 0 aliphatic carbocycles. The number of rotatable bonds is 7. The van der Waals surface area contributed by atoms with Crippen LogP contribution in [0.15, 0.2) is 47.8 Å². The molecule has 156 valence electrons. The molecule has 3 aromatic rings. The van der Waals surface area contributed by atoms with E-state index in [1.54, 1.807) is 47.7 Å². The van der Waals surface area contributed by atoms with E-state index in [9.17, 15) is 9.59 Å². The highest BCUT2D eigenvalue weighted by molar-refractivity contribution is 7.09. The summed E-state index contributed by atoms with van der Waals surface area (Å²) in [5, 5.41) is 6.21. The lowest BCUT2D eigenvalue weighted by molar-refractivity contribution is -0.123. The zero-order valence-corrected chi connectivity index (χ0v) is 18.5. The number of ether oxygens (including phenoxy) is 2. The largest absolute Gasteiger partial charge is 0.487 e. The molecule has 30 heavy (non-hydrogen) atoms. The summed E-state index contributed by atoms with van der Waals surface area (Å²) in [5.41, 5.74) is 1.42. The van der Waals surface area contributed by atoms with Crippen molar-refractivity contribution in [2.45, 2.75) is 26.6 Å². The molecule has 0 fully saturated rings. The van der Waals surface area contributed by atoms with Gasteiger partial charge in [-0.25, -0.2) is 9.78 Å². The van der Waals surface area contributed by atoms with Crippen molar-refractivity contribution in [1.82, 2.24) is 4.98 Å². The van der Waals surface area contributed by atoms with Crippen LogP contribution in [-0.4, -0.2) is 23.0 Å². The van der Waals surface area contributed by atoms with Crippen LogP contribution in [0.3, 0.4) is 0 Å². The topological polar surface area (TPSA) is 77.5 Å². The molecule has 0 saturated carbocycles. The first-order valence-electron chi connectivity index (χ1n) is 8.92. The lowest BCUT2D eigenvalue weighted by atomic mass is 10.2. The van der Waals surface area contributed by atoms with Gasteiger partial charge in [-0.1, -0.05) is 29.3 Å². The molecule has 1 atom stereocenters. The Morgan fingerprint density at radius 3 is 2.73 bits per heavy atom. The second kappa shape index (κ2) is 9.93. The number of halogens is 2. The van der Waals surface area contributed by atoms with Gasteiger partial charge in [-0.15, -0.1) is 11.3 Å². The standard InChI is InChI=1S/C21H18Cl2N2O4S/c1-12(20(26)25-19-9-15(22)6-7-18(19)23)29-21(27)14-4-3-5-17(8-14)28-10-16-11-30-13(2)24-16/h3-9,11-12H,10H2,1-2H3,(H,25,26). The Balaban J connectivity index is 1.59. The van der Waals surface area contributed by atoms with Gasteiger partial charge in [0.1, 0.15) is 12.4 Å². The summed E-state index contributed by atoms with van der Waals surface area (Å²) in [6.07, 6.45) is -1.05. The zero-order chi connectivity index (χ0) is 21.7. The Morgan fingerprint density at radius 2 is 2.00 bits per heavy atom. The van der Waals surface area contributed by atoms with Gasteiger partial charge in [0.2, 0.25) is 0 Å². The van der Waals surface area contributed by atoms with Crippen molar-refractivity contribution >= 4 is 52.1 Å². The summed E-state index contributed by atoms with van der Waals surface area (Å²) >= 11 is 13.5. The van der Waals surface area contributed by atoms with Gasteiger partial charge in [0, 0.05) is 10.4 Å². The number of hydrogen-bond acceptors (Lipinski definition) is 6. The van der Waals surface area contributed by atoms with Crippen LogP contribution in [0, 0.1) is 6.92 Å². The van der Waals surface area contributed by atoms with E-state index in [-0.39, 0.29) is 5.56 Å². The molecule has 0 bridgehead atoms. The predicted octanol–water partition coefficient (Wildman–Crippen LogP) is 5.52. The van der Waals surface area contributed by atoms with Crippen LogP contribution in [-0.2, 0) is 16.1 Å². The number of nitrogens with zero attached hydrogens (tertiary/aromatic N) is 1. The van der Waals surface area contributed by atoms with Gasteiger partial charge in [-0.05, 0) is 50.2 Å². The second-order valence-electron chi connectivity index (χ2n) is 6.34. The van der Waals surface area contributed by atoms with Gasteiger partial charge in [-0.2, -0.15) is 0 Å². The first-order chi connectivity index (χ1) is 14.3. The normalized spacial score (nSPS) is 11.6. The van der Waals surface area contributed by atoms with E-state index in [2.05, 4.69) is 10.3 Å². The van der Waals surface area contributed by atoms with Gasteiger partial charge >= 0.3 is 5.97 Å². The molecule has 0 spiro atoms. The van der Waals surface area contributed by atoms with Gasteiger partial charge in [0.25, 0.3) is 5.91 Å². The molecule has 9 heteroatoms. The fourth-order valence-corrected chi connectivity index (χ4v) is 3.39. The Bertz CT molecular complexity index is 1070. The first kappa shape index (κ1) is 22.1. The van der Waals surface area contributed by atoms with Crippen LogP contribution in [0.25, 0.3) is 0 Å². The molecule has 0 saturated heterocycles. The van der Waals surface area contributed by atoms with Crippen molar-refractivity contribution in [1.29, 1.82) is 0 Å². The maximum absolute atomic E-state index is 12.4. The average molecular weight is 465 g/mol. The van der Waals surface area contributed by atoms with Crippen LogP contribution < -0.4 is 10.1 Å². The summed E-state index contributed by atoms with van der Waals surface area (Å²) < 4.78 is 11.0. The summed E-state index contributed by atoms with van der Waals surface area (Å²) in [6.45, 7) is 3.68. The summed E-state index contributed by atoms with van der Waals surface area (Å²) in [6, 6.07) is 11.2. The fraction of sp³-hybridized carbons (Fsp3) is 0.190. The number of hydrogen-bond donors (Lipinski definition) is 1. The number of benzene rings is 2. The molecule has 2 aromatic carbocycles. The molecule has 0 aliphatic rings. The smallest absolute Gasteiger partial charge is 0.339 e. The molecule has 3 rings (SSSR count). The van der Waals surface area contributed by atoms with Crippen LogP contribution in [0.2, 0.25) is 10.0 Å². The van der Waals surface area contributed by atoms with Crippen molar-refractivity contribution in [2.75, 3.05) is 5.32 Å². The van der Waals surface area contributed by atoms with E-state index in [0.29, 0.717) is 28.1 Å². The van der Waals surface area contributed by atoms with Crippen molar-refractivity contribution in [2.24, 2.45) is 0 Å². The number of carbonyl (C=O) groups is 2. The number of amides is 1. The highest BCUT2D eigenvalue weighted by Crippen LogP contribution is 2.25. The van der Waals surface area contributed by atoms with Crippen molar-refractivity contribution in [3.63, 3.8) is 0 Å². The van der Waals surface area contributed by atoms with E-state index in [0.717, 1.165) is 10.7 Å². The number of nitrogens with one attached hydrogen (secondary N) is 1. The van der Waals surface area contributed by atoms with Crippen molar-refractivity contribution < 1.29 is 19.1 Å². The molecule has 6 nitrogen and oxygen atoms in total. The maximum atomic E-state index is 12.4. The van der Waals surface area contributed by atoms with Gasteiger partial charge < -0.3 is 14.8 Å². The van der Waals surface area contributed by atoms with Crippen molar-refractivity contribution in [3.8, 4) is 5.75 Å². The lowest BCUT2D eigenvalue weighted by Crippen LogP contribution is -2.30. The minimum Gasteiger partial charge on any atom is -0.487 e. The third-order valence-corrected chi connectivity index (χ3v) is 5.35. The number of anilines is 1. The molecule has 1 unspecified atom stereocenters.